The van der Waals surface area contributed by atoms with Crippen LogP contribution < -0.4 is 0 Å². The highest BCUT2D eigenvalue weighted by molar-refractivity contribution is 8.03. The van der Waals surface area contributed by atoms with Gasteiger partial charge in [0.15, 0.2) is 5.78 Å². The van der Waals surface area contributed by atoms with Gasteiger partial charge in [-0.1, -0.05) is 18.7 Å². The number of carbonyl (C=O) groups excluding carboxylic acids is 1. The average molecular weight is 237 g/mol. The van der Waals surface area contributed by atoms with E-state index in [0.29, 0.717) is 0 Å². The zero-order valence-corrected chi connectivity index (χ0v) is 9.62. The number of benzene rings is 1. The maximum atomic E-state index is 11.7. The van der Waals surface area contributed by atoms with Crippen LogP contribution in [0.1, 0.15) is 17.3 Å². The third kappa shape index (κ3) is 3.20. The molecule has 16 heavy (non-hydrogen) atoms. The zero-order chi connectivity index (χ0) is 12.1. The first-order valence-corrected chi connectivity index (χ1v) is 5.56. The molecule has 0 radical (unpaired) electrons. The molecule has 0 spiro atoms. The molecule has 1 rings (SSSR count). The Hall–Kier alpha value is -1.62. The van der Waals surface area contributed by atoms with Crippen LogP contribution in [0.2, 0.25) is 0 Å². The summed E-state index contributed by atoms with van der Waals surface area (Å²) in [4.78, 5) is 22.7. The normalized spacial score (nSPS) is 9.81. The molecule has 0 bridgehead atoms. The van der Waals surface area contributed by atoms with E-state index in [1.54, 1.807) is 19.1 Å². The Bertz CT molecular complexity index is 443. The predicted molar refractivity (Wildman–Crippen MR) is 64.7 cm³/mol. The van der Waals surface area contributed by atoms with Gasteiger partial charge in [0.25, 0.3) is 5.69 Å². The highest BCUT2D eigenvalue weighted by Gasteiger charge is 2.18. The van der Waals surface area contributed by atoms with E-state index in [0.717, 1.165) is 4.91 Å². The van der Waals surface area contributed by atoms with Crippen molar-refractivity contribution in [3.8, 4) is 0 Å². The lowest BCUT2D eigenvalue weighted by Gasteiger charge is -2.01. The second kappa shape index (κ2) is 5.46. The Balaban J connectivity index is 2.90. The molecule has 0 unspecified atom stereocenters. The van der Waals surface area contributed by atoms with Crippen LogP contribution in [0, 0.1) is 10.1 Å². The second-order valence-electron chi connectivity index (χ2n) is 3.19. The predicted octanol–water partition coefficient (Wildman–Crippen LogP) is 3.04. The molecule has 0 saturated heterocycles. The Morgan fingerprint density at radius 3 is 2.69 bits per heavy atom. The summed E-state index contributed by atoms with van der Waals surface area (Å²) < 4.78 is 0. The van der Waals surface area contributed by atoms with E-state index in [4.69, 9.17) is 0 Å². The summed E-state index contributed by atoms with van der Waals surface area (Å²) in [6.45, 7) is 5.44. The van der Waals surface area contributed by atoms with Gasteiger partial charge in [-0.2, -0.15) is 0 Å². The van der Waals surface area contributed by atoms with Crippen LogP contribution in [0.5, 0.6) is 0 Å². The minimum absolute atomic E-state index is 0.144. The van der Waals surface area contributed by atoms with E-state index >= 15 is 0 Å². The molecular weight excluding hydrogens is 226 g/mol. The van der Waals surface area contributed by atoms with Gasteiger partial charge in [-0.3, -0.25) is 14.9 Å². The van der Waals surface area contributed by atoms with Crippen LogP contribution in [-0.4, -0.2) is 16.5 Å². The third-order valence-electron chi connectivity index (χ3n) is 1.85. The van der Waals surface area contributed by atoms with Crippen molar-refractivity contribution in [1.82, 2.24) is 0 Å². The molecule has 0 aliphatic rings. The number of thioether (sulfide) groups is 1. The van der Waals surface area contributed by atoms with E-state index in [9.17, 15) is 14.9 Å². The number of para-hydroxylation sites is 1. The molecule has 0 aliphatic heterocycles. The van der Waals surface area contributed by atoms with Crippen LogP contribution in [0.3, 0.4) is 0 Å². The lowest BCUT2D eigenvalue weighted by molar-refractivity contribution is -0.385. The molecule has 1 aromatic carbocycles. The number of ketones is 1. The summed E-state index contributed by atoms with van der Waals surface area (Å²) in [5.74, 6) is -0.0690. The molecule has 0 fully saturated rings. The summed E-state index contributed by atoms with van der Waals surface area (Å²) >= 11 is 1.29. The topological polar surface area (TPSA) is 60.2 Å². The molecule has 5 heteroatoms. The smallest absolute Gasteiger partial charge is 0.280 e. The van der Waals surface area contributed by atoms with Gasteiger partial charge in [0, 0.05) is 6.07 Å². The van der Waals surface area contributed by atoms with Gasteiger partial charge >= 0.3 is 0 Å². The monoisotopic (exact) mass is 237 g/mol. The van der Waals surface area contributed by atoms with Crippen molar-refractivity contribution in [2.24, 2.45) is 0 Å². The van der Waals surface area contributed by atoms with E-state index in [1.165, 1.54) is 23.9 Å². The van der Waals surface area contributed by atoms with Crippen molar-refractivity contribution >= 4 is 23.2 Å². The van der Waals surface area contributed by atoms with Crippen molar-refractivity contribution in [2.45, 2.75) is 6.92 Å². The fraction of sp³-hybridized carbons (Fsp3) is 0.182. The molecule has 0 N–H and O–H groups in total. The van der Waals surface area contributed by atoms with Gasteiger partial charge in [0.05, 0.1) is 16.2 Å². The standard InChI is InChI=1S/C11H11NO3S/c1-8(2)16-7-11(13)9-5-3-4-6-10(9)12(14)15/h3-6H,1,7H2,2H3. The molecule has 0 saturated carbocycles. The number of hydrogen-bond acceptors (Lipinski definition) is 4. The van der Waals surface area contributed by atoms with Crippen LogP contribution in [-0.2, 0) is 0 Å². The number of carbonyl (C=O) groups is 1. The first-order chi connectivity index (χ1) is 7.52. The highest BCUT2D eigenvalue weighted by Crippen LogP contribution is 2.21. The van der Waals surface area contributed by atoms with Crippen molar-refractivity contribution in [3.05, 3.63) is 51.4 Å². The molecule has 0 aliphatic carbocycles. The Morgan fingerprint density at radius 1 is 1.50 bits per heavy atom. The number of nitro groups is 1. The summed E-state index contributed by atoms with van der Waals surface area (Å²) in [5.41, 5.74) is 0.0102. The number of rotatable bonds is 5. The molecule has 0 atom stereocenters. The van der Waals surface area contributed by atoms with E-state index in [-0.39, 0.29) is 22.8 Å². The molecule has 1 aromatic rings. The van der Waals surface area contributed by atoms with E-state index in [2.05, 4.69) is 6.58 Å². The van der Waals surface area contributed by atoms with Gasteiger partial charge in [0.2, 0.25) is 0 Å². The fourth-order valence-electron chi connectivity index (χ4n) is 1.14. The van der Waals surface area contributed by atoms with Crippen LogP contribution in [0.15, 0.2) is 35.7 Å². The van der Waals surface area contributed by atoms with Crippen molar-refractivity contribution < 1.29 is 9.72 Å². The maximum absolute atomic E-state index is 11.7. The maximum Gasteiger partial charge on any atom is 0.280 e. The van der Waals surface area contributed by atoms with Gasteiger partial charge < -0.3 is 0 Å². The minimum Gasteiger partial charge on any atom is -0.293 e. The molecule has 4 nitrogen and oxygen atoms in total. The van der Waals surface area contributed by atoms with Gasteiger partial charge in [0.1, 0.15) is 0 Å². The van der Waals surface area contributed by atoms with Crippen molar-refractivity contribution in [1.29, 1.82) is 0 Å². The van der Waals surface area contributed by atoms with Crippen LogP contribution in [0.4, 0.5) is 5.69 Å². The summed E-state index contributed by atoms with van der Waals surface area (Å²) in [6, 6.07) is 5.96. The molecule has 0 aromatic heterocycles. The average Bonchev–Trinajstić information content (AvgIpc) is 2.25. The van der Waals surface area contributed by atoms with Gasteiger partial charge in [-0.25, -0.2) is 0 Å². The number of hydrogen-bond donors (Lipinski definition) is 0. The van der Waals surface area contributed by atoms with E-state index < -0.39 is 4.92 Å². The second-order valence-corrected chi connectivity index (χ2v) is 4.46. The fourth-order valence-corrected chi connectivity index (χ4v) is 1.67. The third-order valence-corrected chi connectivity index (χ3v) is 2.75. The van der Waals surface area contributed by atoms with Crippen LogP contribution in [0.25, 0.3) is 0 Å². The van der Waals surface area contributed by atoms with Crippen molar-refractivity contribution in [3.63, 3.8) is 0 Å². The van der Waals surface area contributed by atoms with Gasteiger partial charge in [-0.15, -0.1) is 11.8 Å². The van der Waals surface area contributed by atoms with Gasteiger partial charge in [-0.05, 0) is 17.9 Å². The molecular formula is C11H11NO3S. The Morgan fingerprint density at radius 2 is 2.12 bits per heavy atom. The summed E-state index contributed by atoms with van der Waals surface area (Å²) in [6.07, 6.45) is 0. The minimum atomic E-state index is -0.543. The summed E-state index contributed by atoms with van der Waals surface area (Å²) in [5, 5.41) is 10.7. The first kappa shape index (κ1) is 12.4. The lowest BCUT2D eigenvalue weighted by atomic mass is 10.1. The first-order valence-electron chi connectivity index (χ1n) is 4.57. The largest absolute Gasteiger partial charge is 0.293 e. The number of nitrogens with zero attached hydrogens (tertiary/aromatic N) is 1. The summed E-state index contributed by atoms with van der Waals surface area (Å²) in [7, 11) is 0. The van der Waals surface area contributed by atoms with E-state index in [1.807, 2.05) is 0 Å². The lowest BCUT2D eigenvalue weighted by Crippen LogP contribution is -2.06. The Kier molecular flexibility index (Phi) is 4.25. The molecule has 0 amide bonds. The highest BCUT2D eigenvalue weighted by atomic mass is 32.2. The molecule has 0 heterocycles. The zero-order valence-electron chi connectivity index (χ0n) is 8.80. The number of Topliss-reactive ketones (excluding diaryl/α,β-unsaturated/α-hetero) is 1. The van der Waals surface area contributed by atoms with Crippen molar-refractivity contribution in [2.75, 3.05) is 5.75 Å². The van der Waals surface area contributed by atoms with Crippen LogP contribution >= 0.6 is 11.8 Å². The SMILES string of the molecule is C=C(C)SCC(=O)c1ccccc1[N+](=O)[O-]. The quantitative estimate of drug-likeness (QED) is 0.448. The molecule has 84 valence electrons. The number of nitro benzene ring substituents is 1. The Labute approximate surface area is 97.5 Å². The number of allylic oxidation sites excluding steroid dienone is 1.